The van der Waals surface area contributed by atoms with Crippen molar-refractivity contribution in [3.05, 3.63) is 29.8 Å². The van der Waals surface area contributed by atoms with E-state index in [1.807, 2.05) is 6.92 Å². The fourth-order valence-electron chi connectivity index (χ4n) is 3.88. The number of aliphatic carboxylic acids is 1. The van der Waals surface area contributed by atoms with Gasteiger partial charge in [-0.1, -0.05) is 6.42 Å². The summed E-state index contributed by atoms with van der Waals surface area (Å²) in [6.07, 6.45) is 3.98. The van der Waals surface area contributed by atoms with Crippen molar-refractivity contribution in [3.8, 4) is 0 Å². The lowest BCUT2D eigenvalue weighted by molar-refractivity contribution is -0.143. The first-order valence-corrected chi connectivity index (χ1v) is 10.9. The van der Waals surface area contributed by atoms with E-state index >= 15 is 0 Å². The van der Waals surface area contributed by atoms with Gasteiger partial charge in [-0.3, -0.25) is 9.59 Å². The van der Waals surface area contributed by atoms with Crippen molar-refractivity contribution >= 4 is 21.9 Å². The fourth-order valence-corrected chi connectivity index (χ4v) is 5.58. The van der Waals surface area contributed by atoms with E-state index in [0.29, 0.717) is 31.5 Å². The maximum Gasteiger partial charge on any atom is 0.308 e. The Balaban J connectivity index is 1.75. The topological polar surface area (TPSA) is 95.0 Å². The normalized spacial score (nSPS) is 24.6. The van der Waals surface area contributed by atoms with Gasteiger partial charge in [0.2, 0.25) is 10.0 Å². The van der Waals surface area contributed by atoms with Gasteiger partial charge in [0.1, 0.15) is 0 Å². The molecule has 2 saturated heterocycles. The molecular weight excluding hydrogens is 368 g/mol. The Bertz CT molecular complexity index is 806. The lowest BCUT2D eigenvalue weighted by atomic mass is 9.97. The molecule has 1 N–H and O–H groups in total. The number of nitrogens with zero attached hydrogens (tertiary/aromatic N) is 2. The van der Waals surface area contributed by atoms with Crippen LogP contribution in [-0.4, -0.2) is 60.3 Å². The van der Waals surface area contributed by atoms with Crippen LogP contribution in [0.2, 0.25) is 0 Å². The Morgan fingerprint density at radius 3 is 2.37 bits per heavy atom. The molecular formula is C19H26N2O5S. The average Bonchev–Trinajstić information content (AvgIpc) is 2.68. The Kier molecular flexibility index (Phi) is 5.86. The van der Waals surface area contributed by atoms with Crippen LogP contribution in [0.15, 0.2) is 29.2 Å². The second-order valence-electron chi connectivity index (χ2n) is 7.41. The smallest absolute Gasteiger partial charge is 0.308 e. The van der Waals surface area contributed by atoms with Crippen LogP contribution < -0.4 is 0 Å². The number of carbonyl (C=O) groups is 2. The maximum atomic E-state index is 12.9. The summed E-state index contributed by atoms with van der Waals surface area (Å²) in [6.45, 7) is 3.16. The van der Waals surface area contributed by atoms with Crippen molar-refractivity contribution in [2.24, 2.45) is 5.92 Å². The number of carboxylic acid groups (broad SMARTS) is 1. The number of likely N-dealkylation sites (tertiary alicyclic amines) is 1. The number of hydrogen-bond acceptors (Lipinski definition) is 4. The van der Waals surface area contributed by atoms with E-state index in [1.165, 1.54) is 28.6 Å². The van der Waals surface area contributed by atoms with Crippen LogP contribution in [-0.2, 0) is 14.8 Å². The monoisotopic (exact) mass is 394 g/mol. The van der Waals surface area contributed by atoms with E-state index in [2.05, 4.69) is 0 Å². The third kappa shape index (κ3) is 4.16. The highest BCUT2D eigenvalue weighted by atomic mass is 32.2. The number of piperidine rings is 2. The van der Waals surface area contributed by atoms with Gasteiger partial charge in [0.25, 0.3) is 5.91 Å². The Labute approximate surface area is 160 Å². The number of carbonyl (C=O) groups excluding carboxylic acids is 1. The molecule has 2 heterocycles. The van der Waals surface area contributed by atoms with E-state index in [9.17, 15) is 23.1 Å². The van der Waals surface area contributed by atoms with Gasteiger partial charge in [-0.25, -0.2) is 8.42 Å². The molecule has 2 aliphatic rings. The van der Waals surface area contributed by atoms with Crippen LogP contribution in [0, 0.1) is 5.92 Å². The molecule has 2 aliphatic heterocycles. The molecule has 2 atom stereocenters. The molecule has 0 aliphatic carbocycles. The third-order valence-electron chi connectivity index (χ3n) is 5.51. The number of hydrogen-bond donors (Lipinski definition) is 1. The number of amides is 1. The number of benzene rings is 1. The first-order valence-electron chi connectivity index (χ1n) is 9.44. The van der Waals surface area contributed by atoms with E-state index in [0.717, 1.165) is 19.3 Å². The SMILES string of the molecule is CC1CCCCN1S(=O)(=O)c1ccc(C(=O)N2CCCC(C(=O)O)C2)cc1. The molecule has 2 unspecified atom stereocenters. The van der Waals surface area contributed by atoms with Crippen LogP contribution in [0.5, 0.6) is 0 Å². The average molecular weight is 394 g/mol. The zero-order valence-corrected chi connectivity index (χ0v) is 16.3. The molecule has 0 spiro atoms. The molecule has 0 aromatic heterocycles. The molecule has 148 valence electrons. The van der Waals surface area contributed by atoms with Gasteiger partial charge in [0.05, 0.1) is 10.8 Å². The Morgan fingerprint density at radius 1 is 1.04 bits per heavy atom. The van der Waals surface area contributed by atoms with E-state index in [-0.39, 0.29) is 23.4 Å². The Hall–Kier alpha value is -1.93. The second kappa shape index (κ2) is 7.98. The molecule has 1 aromatic carbocycles. The zero-order chi connectivity index (χ0) is 19.6. The summed E-state index contributed by atoms with van der Waals surface area (Å²) >= 11 is 0. The van der Waals surface area contributed by atoms with Crippen molar-refractivity contribution < 1.29 is 23.1 Å². The lowest BCUT2D eigenvalue weighted by Crippen LogP contribution is -2.42. The number of rotatable bonds is 4. The largest absolute Gasteiger partial charge is 0.481 e. The molecule has 0 radical (unpaired) electrons. The van der Waals surface area contributed by atoms with Gasteiger partial charge < -0.3 is 10.0 Å². The van der Waals surface area contributed by atoms with Gasteiger partial charge in [-0.2, -0.15) is 4.31 Å². The summed E-state index contributed by atoms with van der Waals surface area (Å²) in [5, 5.41) is 9.17. The minimum Gasteiger partial charge on any atom is -0.481 e. The van der Waals surface area contributed by atoms with Crippen LogP contribution >= 0.6 is 0 Å². The van der Waals surface area contributed by atoms with Crippen molar-refractivity contribution in [1.82, 2.24) is 9.21 Å². The quantitative estimate of drug-likeness (QED) is 0.845. The van der Waals surface area contributed by atoms with E-state index in [4.69, 9.17) is 0 Å². The highest BCUT2D eigenvalue weighted by molar-refractivity contribution is 7.89. The molecule has 7 nitrogen and oxygen atoms in total. The lowest BCUT2D eigenvalue weighted by Gasteiger charge is -2.32. The summed E-state index contributed by atoms with van der Waals surface area (Å²) < 4.78 is 27.3. The van der Waals surface area contributed by atoms with Gasteiger partial charge in [-0.05, 0) is 56.9 Å². The highest BCUT2D eigenvalue weighted by Crippen LogP contribution is 2.26. The maximum absolute atomic E-state index is 12.9. The first kappa shape index (κ1) is 19.8. The molecule has 3 rings (SSSR count). The van der Waals surface area contributed by atoms with Crippen molar-refractivity contribution in [2.45, 2.75) is 50.0 Å². The molecule has 27 heavy (non-hydrogen) atoms. The minimum atomic E-state index is -3.57. The predicted molar refractivity (Wildman–Crippen MR) is 99.9 cm³/mol. The standard InChI is InChI=1S/C19H26N2O5S/c1-14-5-2-3-12-21(14)27(25,26)17-9-7-15(8-10-17)18(22)20-11-4-6-16(13-20)19(23)24/h7-10,14,16H,2-6,11-13H2,1H3,(H,23,24). The van der Waals surface area contributed by atoms with Crippen molar-refractivity contribution in [2.75, 3.05) is 19.6 Å². The molecule has 8 heteroatoms. The molecule has 0 saturated carbocycles. The minimum absolute atomic E-state index is 0.0219. The zero-order valence-electron chi connectivity index (χ0n) is 15.5. The molecule has 1 amide bonds. The van der Waals surface area contributed by atoms with Crippen LogP contribution in [0.25, 0.3) is 0 Å². The summed E-state index contributed by atoms with van der Waals surface area (Å²) in [5.41, 5.74) is 0.381. The Morgan fingerprint density at radius 2 is 1.74 bits per heavy atom. The molecule has 1 aromatic rings. The molecule has 2 fully saturated rings. The second-order valence-corrected chi connectivity index (χ2v) is 9.30. The number of sulfonamides is 1. The van der Waals surface area contributed by atoms with Gasteiger partial charge in [-0.15, -0.1) is 0 Å². The van der Waals surface area contributed by atoms with Gasteiger partial charge in [0, 0.05) is 31.2 Å². The summed E-state index contributed by atoms with van der Waals surface area (Å²) in [4.78, 5) is 25.6. The van der Waals surface area contributed by atoms with Crippen LogP contribution in [0.3, 0.4) is 0 Å². The summed E-state index contributed by atoms with van der Waals surface area (Å²) in [6, 6.07) is 5.97. The third-order valence-corrected chi connectivity index (χ3v) is 7.54. The number of carboxylic acids is 1. The van der Waals surface area contributed by atoms with Crippen molar-refractivity contribution in [3.63, 3.8) is 0 Å². The van der Waals surface area contributed by atoms with Crippen LogP contribution in [0.4, 0.5) is 0 Å². The van der Waals surface area contributed by atoms with Crippen molar-refractivity contribution in [1.29, 1.82) is 0 Å². The van der Waals surface area contributed by atoms with Gasteiger partial charge >= 0.3 is 5.97 Å². The van der Waals surface area contributed by atoms with E-state index in [1.54, 1.807) is 4.90 Å². The summed E-state index contributed by atoms with van der Waals surface area (Å²) in [5.74, 6) is -1.68. The first-order chi connectivity index (χ1) is 12.8. The van der Waals surface area contributed by atoms with Gasteiger partial charge in [0.15, 0.2) is 0 Å². The summed E-state index contributed by atoms with van der Waals surface area (Å²) in [7, 11) is -3.57. The fraction of sp³-hybridized carbons (Fsp3) is 0.579. The molecule has 0 bridgehead atoms. The van der Waals surface area contributed by atoms with Crippen LogP contribution in [0.1, 0.15) is 49.4 Å². The predicted octanol–water partition coefficient (Wildman–Crippen LogP) is 2.19. The highest BCUT2D eigenvalue weighted by Gasteiger charge is 2.32. The van der Waals surface area contributed by atoms with E-state index < -0.39 is 21.9 Å².